The molecule has 0 amide bonds. The molecule has 1 aliphatic carbocycles. The van der Waals surface area contributed by atoms with Crippen LogP contribution in [0, 0.1) is 5.92 Å². The van der Waals surface area contributed by atoms with Gasteiger partial charge in [-0.1, -0.05) is 26.2 Å². The smallest absolute Gasteiger partial charge is 0.293 e. The Morgan fingerprint density at radius 3 is 2.46 bits per heavy atom. The molecule has 0 N–H and O–H groups in total. The number of carbonyl (C=O) groups is 1. The molecule has 0 bridgehead atoms. The van der Waals surface area contributed by atoms with Gasteiger partial charge in [0.15, 0.2) is 0 Å². The van der Waals surface area contributed by atoms with Gasteiger partial charge in [0.1, 0.15) is 5.60 Å². The van der Waals surface area contributed by atoms with E-state index >= 15 is 0 Å². The molecule has 0 aliphatic heterocycles. The zero-order valence-electron chi connectivity index (χ0n) is 8.71. The van der Waals surface area contributed by atoms with E-state index in [-0.39, 0.29) is 5.60 Å². The van der Waals surface area contributed by atoms with E-state index in [1.54, 1.807) is 0 Å². The molecule has 0 heterocycles. The maximum atomic E-state index is 10.4. The van der Waals surface area contributed by atoms with E-state index in [1.165, 1.54) is 32.1 Å². The number of rotatable bonds is 4. The second-order valence-electron chi connectivity index (χ2n) is 4.22. The molecule has 0 aromatic carbocycles. The molecule has 0 radical (unpaired) electrons. The fourth-order valence-corrected chi connectivity index (χ4v) is 2.29. The number of hydrogen-bond donors (Lipinski definition) is 0. The molecule has 1 unspecified atom stereocenters. The minimum atomic E-state index is -0.206. The van der Waals surface area contributed by atoms with Crippen LogP contribution < -0.4 is 0 Å². The molecule has 76 valence electrons. The van der Waals surface area contributed by atoms with Crippen LogP contribution in [0.5, 0.6) is 0 Å². The standard InChI is InChI=1S/C11H20O2/c1-3-11(2,13-9-12)10-7-5-4-6-8-10/h9-10H,3-8H2,1-2H3. The number of ether oxygens (including phenoxy) is 1. The third-order valence-electron chi connectivity index (χ3n) is 3.49. The van der Waals surface area contributed by atoms with Crippen molar-refractivity contribution in [2.24, 2.45) is 5.92 Å². The Morgan fingerprint density at radius 1 is 1.38 bits per heavy atom. The van der Waals surface area contributed by atoms with Gasteiger partial charge < -0.3 is 4.74 Å². The van der Waals surface area contributed by atoms with Gasteiger partial charge in [-0.3, -0.25) is 4.79 Å². The molecule has 1 rings (SSSR count). The van der Waals surface area contributed by atoms with E-state index in [0.29, 0.717) is 12.4 Å². The highest BCUT2D eigenvalue weighted by Crippen LogP contribution is 2.36. The van der Waals surface area contributed by atoms with E-state index in [9.17, 15) is 4.79 Å². The summed E-state index contributed by atoms with van der Waals surface area (Å²) in [5, 5.41) is 0. The lowest BCUT2D eigenvalue weighted by Gasteiger charge is -2.37. The summed E-state index contributed by atoms with van der Waals surface area (Å²) in [7, 11) is 0. The van der Waals surface area contributed by atoms with Gasteiger partial charge in [0, 0.05) is 0 Å². The van der Waals surface area contributed by atoms with Gasteiger partial charge in [-0.2, -0.15) is 0 Å². The summed E-state index contributed by atoms with van der Waals surface area (Å²) in [6.07, 6.45) is 7.30. The molecule has 0 aromatic rings. The molecule has 1 fully saturated rings. The summed E-state index contributed by atoms with van der Waals surface area (Å²) in [5.41, 5.74) is -0.206. The largest absolute Gasteiger partial charge is 0.461 e. The van der Waals surface area contributed by atoms with Crippen LogP contribution in [0.4, 0.5) is 0 Å². The SMILES string of the molecule is CCC(C)(OC=O)C1CCCCC1. The minimum absolute atomic E-state index is 0.206. The quantitative estimate of drug-likeness (QED) is 0.628. The van der Waals surface area contributed by atoms with E-state index in [4.69, 9.17) is 4.74 Å². The molecule has 2 heteroatoms. The zero-order valence-corrected chi connectivity index (χ0v) is 8.71. The summed E-state index contributed by atoms with van der Waals surface area (Å²) in [6, 6.07) is 0. The van der Waals surface area contributed by atoms with Gasteiger partial charge >= 0.3 is 0 Å². The van der Waals surface area contributed by atoms with Gasteiger partial charge in [0.2, 0.25) is 0 Å². The normalized spacial score (nSPS) is 23.5. The van der Waals surface area contributed by atoms with Gasteiger partial charge in [0.05, 0.1) is 0 Å². The second kappa shape index (κ2) is 4.64. The first-order valence-corrected chi connectivity index (χ1v) is 5.34. The van der Waals surface area contributed by atoms with Crippen LogP contribution >= 0.6 is 0 Å². The number of carbonyl (C=O) groups excluding carboxylic acids is 1. The van der Waals surface area contributed by atoms with E-state index in [2.05, 4.69) is 13.8 Å². The Kier molecular flexibility index (Phi) is 3.76. The van der Waals surface area contributed by atoms with Crippen molar-refractivity contribution in [3.63, 3.8) is 0 Å². The predicted molar refractivity (Wildman–Crippen MR) is 52.4 cm³/mol. The Hall–Kier alpha value is -0.530. The Labute approximate surface area is 80.7 Å². The summed E-state index contributed by atoms with van der Waals surface area (Å²) in [4.78, 5) is 10.4. The molecule has 1 saturated carbocycles. The molecule has 0 saturated heterocycles. The van der Waals surface area contributed by atoms with Gasteiger partial charge in [-0.05, 0) is 32.1 Å². The molecular formula is C11H20O2. The molecule has 1 aliphatic rings. The second-order valence-corrected chi connectivity index (χ2v) is 4.22. The van der Waals surface area contributed by atoms with Crippen molar-refractivity contribution < 1.29 is 9.53 Å². The number of hydrogen-bond acceptors (Lipinski definition) is 2. The molecule has 0 spiro atoms. The molecular weight excluding hydrogens is 164 g/mol. The average Bonchev–Trinajstić information content (AvgIpc) is 2.19. The Morgan fingerprint density at radius 2 is 2.00 bits per heavy atom. The van der Waals surface area contributed by atoms with Gasteiger partial charge in [0.25, 0.3) is 6.47 Å². The summed E-state index contributed by atoms with van der Waals surface area (Å²) in [6.45, 7) is 4.77. The third kappa shape index (κ3) is 2.45. The monoisotopic (exact) mass is 184 g/mol. The van der Waals surface area contributed by atoms with Crippen LogP contribution in [0.25, 0.3) is 0 Å². The van der Waals surface area contributed by atoms with Crippen LogP contribution in [-0.2, 0) is 9.53 Å². The van der Waals surface area contributed by atoms with Gasteiger partial charge in [-0.15, -0.1) is 0 Å². The highest BCUT2D eigenvalue weighted by Gasteiger charge is 2.34. The lowest BCUT2D eigenvalue weighted by Crippen LogP contribution is -2.38. The molecule has 0 aromatic heterocycles. The minimum Gasteiger partial charge on any atom is -0.461 e. The van der Waals surface area contributed by atoms with Crippen molar-refractivity contribution in [2.45, 2.75) is 58.0 Å². The zero-order chi connectivity index (χ0) is 9.73. The Bertz CT molecular complexity index is 161. The Balaban J connectivity index is 2.56. The maximum absolute atomic E-state index is 10.4. The van der Waals surface area contributed by atoms with Crippen molar-refractivity contribution in [1.29, 1.82) is 0 Å². The van der Waals surface area contributed by atoms with Crippen molar-refractivity contribution >= 4 is 6.47 Å². The lowest BCUT2D eigenvalue weighted by atomic mass is 9.76. The summed E-state index contributed by atoms with van der Waals surface area (Å²) >= 11 is 0. The summed E-state index contributed by atoms with van der Waals surface area (Å²) in [5.74, 6) is 0.580. The van der Waals surface area contributed by atoms with Gasteiger partial charge in [-0.25, -0.2) is 0 Å². The van der Waals surface area contributed by atoms with E-state index < -0.39 is 0 Å². The molecule has 13 heavy (non-hydrogen) atoms. The first-order valence-electron chi connectivity index (χ1n) is 5.34. The van der Waals surface area contributed by atoms with Crippen LogP contribution in [-0.4, -0.2) is 12.1 Å². The first-order chi connectivity index (χ1) is 6.23. The van der Waals surface area contributed by atoms with E-state index in [1.807, 2.05) is 0 Å². The van der Waals surface area contributed by atoms with E-state index in [0.717, 1.165) is 6.42 Å². The average molecular weight is 184 g/mol. The van der Waals surface area contributed by atoms with Crippen molar-refractivity contribution in [3.05, 3.63) is 0 Å². The fraction of sp³-hybridized carbons (Fsp3) is 0.909. The molecule has 2 nitrogen and oxygen atoms in total. The topological polar surface area (TPSA) is 26.3 Å². The maximum Gasteiger partial charge on any atom is 0.293 e. The van der Waals surface area contributed by atoms with Crippen LogP contribution in [0.2, 0.25) is 0 Å². The first kappa shape index (κ1) is 10.6. The fourth-order valence-electron chi connectivity index (χ4n) is 2.29. The highest BCUT2D eigenvalue weighted by atomic mass is 16.5. The third-order valence-corrected chi connectivity index (χ3v) is 3.49. The summed E-state index contributed by atoms with van der Waals surface area (Å²) < 4.78 is 5.24. The lowest BCUT2D eigenvalue weighted by molar-refractivity contribution is -0.149. The van der Waals surface area contributed by atoms with Crippen LogP contribution in [0.15, 0.2) is 0 Å². The van der Waals surface area contributed by atoms with Crippen molar-refractivity contribution in [1.82, 2.24) is 0 Å². The van der Waals surface area contributed by atoms with Crippen molar-refractivity contribution in [3.8, 4) is 0 Å². The predicted octanol–water partition coefficient (Wildman–Crippen LogP) is 2.91. The molecule has 1 atom stereocenters. The highest BCUT2D eigenvalue weighted by molar-refractivity contribution is 5.38. The van der Waals surface area contributed by atoms with Crippen molar-refractivity contribution in [2.75, 3.05) is 0 Å². The van der Waals surface area contributed by atoms with Crippen LogP contribution in [0.1, 0.15) is 52.4 Å². The van der Waals surface area contributed by atoms with Crippen LogP contribution in [0.3, 0.4) is 0 Å².